The summed E-state index contributed by atoms with van der Waals surface area (Å²) < 4.78 is 40.8. The van der Waals surface area contributed by atoms with Crippen LogP contribution in [0.4, 0.5) is 0 Å². The van der Waals surface area contributed by atoms with Crippen molar-refractivity contribution in [2.45, 2.75) is 164 Å². The fourth-order valence-corrected chi connectivity index (χ4v) is 10.3. The van der Waals surface area contributed by atoms with Gasteiger partial charge >= 0.3 is 35.8 Å². The third-order valence-corrected chi connectivity index (χ3v) is 15.1. The zero-order valence-corrected chi connectivity index (χ0v) is 44.2. The highest BCUT2D eigenvalue weighted by atomic mass is 32.2. The first-order chi connectivity index (χ1) is 34.3. The van der Waals surface area contributed by atoms with Crippen molar-refractivity contribution in [1.29, 1.82) is 5.41 Å². The van der Waals surface area contributed by atoms with Crippen LogP contribution in [0.5, 0.6) is 0 Å². The predicted molar refractivity (Wildman–Crippen MR) is 260 cm³/mol. The summed E-state index contributed by atoms with van der Waals surface area (Å²) in [5, 5.41) is 91.3. The summed E-state index contributed by atoms with van der Waals surface area (Å²) in [5.41, 5.74) is -7.85. The van der Waals surface area contributed by atoms with E-state index in [-0.39, 0.29) is 15.8 Å². The van der Waals surface area contributed by atoms with Gasteiger partial charge in [-0.3, -0.25) is 29.4 Å². The summed E-state index contributed by atoms with van der Waals surface area (Å²) in [5.74, 6) is -13.4. The summed E-state index contributed by atoms with van der Waals surface area (Å²) in [6.07, 6.45) is -17.7. The molecule has 0 aromatic carbocycles. The number of ether oxygens (including phenoxy) is 7. The number of aliphatic carboxylic acids is 3. The summed E-state index contributed by atoms with van der Waals surface area (Å²) in [4.78, 5) is 113. The highest BCUT2D eigenvalue weighted by Crippen LogP contribution is 2.43. The third kappa shape index (κ3) is 15.5. The van der Waals surface area contributed by atoms with E-state index in [1.165, 1.54) is 27.9 Å². The number of ketones is 1. The molecule has 1 aliphatic carbocycles. The Morgan fingerprint density at radius 2 is 1.49 bits per heavy atom. The van der Waals surface area contributed by atoms with Gasteiger partial charge in [0.05, 0.1) is 24.5 Å². The third-order valence-electron chi connectivity index (χ3n) is 12.4. The molecule has 2 heterocycles. The Morgan fingerprint density at radius 1 is 0.905 bits per heavy atom. The molecule has 74 heavy (non-hydrogen) atoms. The fraction of sp³-hybridized carbons (Fsp3) is 0.705. The van der Waals surface area contributed by atoms with Gasteiger partial charge in [0.1, 0.15) is 76.6 Å². The van der Waals surface area contributed by atoms with Crippen LogP contribution in [-0.2, 0) is 76.3 Å². The van der Waals surface area contributed by atoms with Crippen LogP contribution in [0, 0.1) is 11.3 Å². The van der Waals surface area contributed by atoms with Crippen LogP contribution in [0.2, 0.25) is 0 Å². The molecule has 0 bridgehead atoms. The van der Waals surface area contributed by atoms with E-state index < -0.39 is 186 Å². The van der Waals surface area contributed by atoms with Crippen molar-refractivity contribution in [3.8, 4) is 0 Å². The molecule has 2 amide bonds. The van der Waals surface area contributed by atoms with Crippen LogP contribution in [0.1, 0.15) is 74.7 Å². The molecule has 2 aliphatic heterocycles. The van der Waals surface area contributed by atoms with E-state index in [9.17, 15) is 78.9 Å². The molecule has 2 fully saturated rings. The summed E-state index contributed by atoms with van der Waals surface area (Å²) >= 11 is 6.91. The first-order valence-electron chi connectivity index (χ1n) is 22.9. The highest BCUT2D eigenvalue weighted by molar-refractivity contribution is 8.23. The average Bonchev–Trinajstić information content (AvgIpc) is 3.30. The lowest BCUT2D eigenvalue weighted by Gasteiger charge is -2.52. The van der Waals surface area contributed by atoms with Gasteiger partial charge in [0.2, 0.25) is 11.8 Å². The molecule has 27 nitrogen and oxygen atoms in total. The van der Waals surface area contributed by atoms with Crippen LogP contribution in [0.25, 0.3) is 0 Å². The molecule has 3 aliphatic rings. The van der Waals surface area contributed by atoms with Gasteiger partial charge in [0.15, 0.2) is 29.4 Å². The number of rotatable bonds is 24. The number of nitrogens with one attached hydrogen (secondary N) is 4. The first-order valence-corrected chi connectivity index (χ1v) is 25.3. The lowest BCUT2D eigenvalue weighted by molar-refractivity contribution is -0.345. The Kier molecular flexibility index (Phi) is 23.2. The van der Waals surface area contributed by atoms with Crippen LogP contribution >= 0.6 is 35.7 Å². The number of hydrogen-bond acceptors (Lipinski definition) is 24. The number of thiocarbonyl (C=S) groups is 1. The average molecular weight is 1110 g/mol. The lowest BCUT2D eigenvalue weighted by atomic mass is 9.74. The number of aliphatic hydroxyl groups is 4. The quantitative estimate of drug-likeness (QED) is 0.0305. The van der Waals surface area contributed by atoms with E-state index in [0.717, 1.165) is 32.5 Å². The van der Waals surface area contributed by atoms with Crippen molar-refractivity contribution in [2.24, 2.45) is 5.92 Å². The van der Waals surface area contributed by atoms with Crippen molar-refractivity contribution < 1.29 is 112 Å². The van der Waals surface area contributed by atoms with E-state index in [2.05, 4.69) is 16.0 Å². The van der Waals surface area contributed by atoms with E-state index in [1.54, 1.807) is 13.8 Å². The van der Waals surface area contributed by atoms with Crippen molar-refractivity contribution >= 4 is 99.2 Å². The number of Topliss-reactive ketones (excluding diaryl/α,β-unsaturated/α-hetero) is 1. The molecule has 16 atom stereocenters. The number of carbonyl (C=O) groups excluding carboxylic acids is 6. The van der Waals surface area contributed by atoms with Gasteiger partial charge in [-0.15, -0.1) is 0 Å². The number of aliphatic hydroxyl groups excluding tert-OH is 2. The Morgan fingerprint density at radius 3 is 2.00 bits per heavy atom. The van der Waals surface area contributed by atoms with Crippen molar-refractivity contribution in [1.82, 2.24) is 16.0 Å². The second-order valence-electron chi connectivity index (χ2n) is 17.7. The number of methoxy groups -OCH3 is 1. The Balaban J connectivity index is 2.23. The van der Waals surface area contributed by atoms with Crippen LogP contribution in [0.3, 0.4) is 0 Å². The maximum absolute atomic E-state index is 14.8. The van der Waals surface area contributed by atoms with Crippen LogP contribution in [0.15, 0.2) is 11.3 Å². The SMILES string of the molecule is CC[C@H](C)C(=O)O[C@@H](C)[C@@]1(O)[C@H](C)OC(O[C@H]2[C@@H](O)[C@H]([C@@]3(O)CC(=O)C(=N)C(C(=O)O)=C3O)O[C@H](COC(C)=O)[C@H]2OC(=O)C(NC(=S)SC[C@H](NC(C)=O)C(=O)O)C(C)SC[C@H](NC(C)=O)C(=O)O)C[C@@H]1OC. The number of thioether (sulfide) groups is 2. The minimum atomic E-state index is -3.19. The molecule has 0 aromatic rings. The largest absolute Gasteiger partial charge is 0.508 e. The highest BCUT2D eigenvalue weighted by Gasteiger charge is 2.62. The molecule has 2 saturated heterocycles. The molecule has 30 heteroatoms. The molecule has 3 rings (SSSR count). The van der Waals surface area contributed by atoms with E-state index in [4.69, 9.17) is 50.8 Å². The summed E-state index contributed by atoms with van der Waals surface area (Å²) in [6, 6.07) is -4.65. The van der Waals surface area contributed by atoms with E-state index in [1.807, 2.05) is 0 Å². The van der Waals surface area contributed by atoms with Gasteiger partial charge in [0.25, 0.3) is 0 Å². The Hall–Kier alpha value is -5.05. The Bertz CT molecular complexity index is 2200. The molecule has 0 aromatic heterocycles. The predicted octanol–water partition coefficient (Wildman–Crippen LogP) is -1.27. The van der Waals surface area contributed by atoms with Gasteiger partial charge < -0.3 is 84.9 Å². The maximum Gasteiger partial charge on any atom is 0.341 e. The van der Waals surface area contributed by atoms with Crippen molar-refractivity contribution in [3.05, 3.63) is 11.3 Å². The number of hydrogen-bond donors (Lipinski definition) is 11. The number of carbonyl (C=O) groups is 9. The van der Waals surface area contributed by atoms with E-state index >= 15 is 0 Å². The van der Waals surface area contributed by atoms with Crippen LogP contribution < -0.4 is 16.0 Å². The van der Waals surface area contributed by atoms with Crippen molar-refractivity contribution in [3.63, 3.8) is 0 Å². The first kappa shape index (κ1) is 63.2. The number of carboxylic acid groups (broad SMARTS) is 3. The monoisotopic (exact) mass is 1110 g/mol. The number of amides is 2. The smallest absolute Gasteiger partial charge is 0.341 e. The minimum absolute atomic E-state index is 0.269. The summed E-state index contributed by atoms with van der Waals surface area (Å²) in [6.45, 7) is 9.72. The standard InChI is InChI=1S/C44H64N4O23S3/c1-10-16(2)40(61)68-19(5)44(64)18(4)67-28(11-27(44)65-9)70-34-32(53)36(43(63)12-25(52)30(45)29(35(43)54)39(59)60)69-26(13-66-22(8)51)33(34)71-41(62)31(17(3)73-14-23(37(55)56)46-20(6)49)48-42(72)74-15-24(38(57)58)47-21(7)50/h16-19,23-24,26-28,31-34,36,45,53-54,63-64H,10-15H2,1-9H3,(H,46,49)(H,47,50)(H,48,72)(H,55,56)(H,57,58)(H,59,60)/t16-,17?,18-,19-,23-,24-,26+,27-,28?,31?,32+,33+,34-,36+,43+,44-/m0/s1. The molecule has 3 unspecified atom stereocenters. The topological polar surface area (TPSA) is 420 Å². The lowest BCUT2D eigenvalue weighted by Crippen LogP contribution is -2.70. The zero-order chi connectivity index (χ0) is 56.3. The van der Waals surface area contributed by atoms with Crippen LogP contribution in [-0.4, -0.2) is 214 Å². The molecule has 11 N–H and O–H groups in total. The van der Waals surface area contributed by atoms with Gasteiger partial charge in [-0.25, -0.2) is 19.2 Å². The molecule has 0 radical (unpaired) electrons. The molecule has 416 valence electrons. The normalized spacial score (nSPS) is 29.5. The van der Waals surface area contributed by atoms with Crippen molar-refractivity contribution in [2.75, 3.05) is 25.2 Å². The van der Waals surface area contributed by atoms with Gasteiger partial charge in [-0.1, -0.05) is 44.8 Å². The molecule has 0 spiro atoms. The van der Waals surface area contributed by atoms with E-state index in [0.29, 0.717) is 18.2 Å². The molecular formula is C44H64N4O23S3. The maximum atomic E-state index is 14.8. The molecular weight excluding hydrogens is 1050 g/mol. The second kappa shape index (κ2) is 27.1. The zero-order valence-electron chi connectivity index (χ0n) is 41.7. The second-order valence-corrected chi connectivity index (χ2v) is 20.8. The number of esters is 3. The fourth-order valence-electron chi connectivity index (χ4n) is 8.09. The summed E-state index contributed by atoms with van der Waals surface area (Å²) in [7, 11) is 1.21. The van der Waals surface area contributed by atoms with Gasteiger partial charge in [-0.05, 0) is 20.3 Å². The van der Waals surface area contributed by atoms with Gasteiger partial charge in [-0.2, -0.15) is 11.8 Å². The number of carboxylic acids is 3. The minimum Gasteiger partial charge on any atom is -0.508 e. The Labute approximate surface area is 437 Å². The van der Waals surface area contributed by atoms with Gasteiger partial charge in [0, 0.05) is 51.1 Å². The molecule has 0 saturated carbocycles.